The maximum Gasteiger partial charge on any atom is 0.251 e. The van der Waals surface area contributed by atoms with E-state index in [0.29, 0.717) is 12.5 Å². The van der Waals surface area contributed by atoms with E-state index in [1.165, 1.54) is 24.0 Å². The molecule has 1 saturated carbocycles. The fraction of sp³-hybridized carbons (Fsp3) is 0.320. The van der Waals surface area contributed by atoms with Crippen LogP contribution in [0.5, 0.6) is 0 Å². The number of benzene rings is 1. The summed E-state index contributed by atoms with van der Waals surface area (Å²) in [5.41, 5.74) is 6.57. The Morgan fingerprint density at radius 1 is 1.29 bits per heavy atom. The van der Waals surface area contributed by atoms with Gasteiger partial charge in [0.1, 0.15) is 0 Å². The standard InChI is InChI=1S/C25H30N2O/c1-6-22(26(5)19(4)24-11-9-8-10-18(24)3)14-15-23-16-21(20-12-13-20)17-25(28)27(23)7-2/h6,8-11,14-17,20H,4,7,12-13H2,1-3,5H3/b15-14-,22-6+. The van der Waals surface area contributed by atoms with E-state index >= 15 is 0 Å². The Hall–Kier alpha value is -2.81. The zero-order chi connectivity index (χ0) is 20.3. The van der Waals surface area contributed by atoms with Crippen molar-refractivity contribution in [3.05, 3.63) is 93.6 Å². The summed E-state index contributed by atoms with van der Waals surface area (Å²) in [4.78, 5) is 14.6. The Balaban J connectivity index is 1.89. The second-order valence-corrected chi connectivity index (χ2v) is 7.44. The minimum Gasteiger partial charge on any atom is -0.345 e. The van der Waals surface area contributed by atoms with Gasteiger partial charge in [-0.1, -0.05) is 36.9 Å². The van der Waals surface area contributed by atoms with Crippen LogP contribution in [0, 0.1) is 6.92 Å². The molecule has 3 rings (SSSR count). The number of aryl methyl sites for hydroxylation is 1. The Labute approximate surface area is 168 Å². The molecule has 3 heteroatoms. The predicted molar refractivity (Wildman–Crippen MR) is 119 cm³/mol. The molecule has 0 amide bonds. The molecule has 0 spiro atoms. The monoisotopic (exact) mass is 374 g/mol. The highest BCUT2D eigenvalue weighted by Crippen LogP contribution is 2.39. The van der Waals surface area contributed by atoms with Crippen LogP contribution in [0.3, 0.4) is 0 Å². The van der Waals surface area contributed by atoms with E-state index in [9.17, 15) is 4.79 Å². The maximum absolute atomic E-state index is 12.5. The Kier molecular flexibility index (Phi) is 6.03. The molecule has 1 aromatic carbocycles. The first-order chi connectivity index (χ1) is 13.5. The average molecular weight is 375 g/mol. The number of aromatic nitrogens is 1. The van der Waals surface area contributed by atoms with Crippen molar-refractivity contribution in [2.75, 3.05) is 7.05 Å². The van der Waals surface area contributed by atoms with E-state index < -0.39 is 0 Å². The van der Waals surface area contributed by atoms with Gasteiger partial charge in [0.2, 0.25) is 0 Å². The zero-order valence-electron chi connectivity index (χ0n) is 17.4. The van der Waals surface area contributed by atoms with Gasteiger partial charge in [0, 0.05) is 42.3 Å². The first-order valence-electron chi connectivity index (χ1n) is 10.0. The van der Waals surface area contributed by atoms with Gasteiger partial charge in [-0.05, 0) is 68.9 Å². The molecule has 1 aliphatic rings. The fourth-order valence-electron chi connectivity index (χ4n) is 3.57. The lowest BCUT2D eigenvalue weighted by Gasteiger charge is -2.24. The molecule has 1 fully saturated rings. The molecule has 3 nitrogen and oxygen atoms in total. The second-order valence-electron chi connectivity index (χ2n) is 7.44. The van der Waals surface area contributed by atoms with E-state index in [1.54, 1.807) is 6.07 Å². The maximum atomic E-state index is 12.5. The molecule has 0 bridgehead atoms. The van der Waals surface area contributed by atoms with Gasteiger partial charge in [0.25, 0.3) is 5.56 Å². The van der Waals surface area contributed by atoms with Crippen molar-refractivity contribution in [3.63, 3.8) is 0 Å². The van der Waals surface area contributed by atoms with Crippen molar-refractivity contribution in [2.24, 2.45) is 0 Å². The van der Waals surface area contributed by atoms with Crippen molar-refractivity contribution >= 4 is 11.8 Å². The van der Waals surface area contributed by atoms with Gasteiger partial charge >= 0.3 is 0 Å². The summed E-state index contributed by atoms with van der Waals surface area (Å²) in [6, 6.07) is 12.3. The number of allylic oxidation sites excluding steroid dienone is 2. The molecular weight excluding hydrogens is 344 g/mol. The highest BCUT2D eigenvalue weighted by molar-refractivity contribution is 5.67. The smallest absolute Gasteiger partial charge is 0.251 e. The van der Waals surface area contributed by atoms with Crippen molar-refractivity contribution in [2.45, 2.75) is 46.1 Å². The number of pyridine rings is 1. The lowest BCUT2D eigenvalue weighted by molar-refractivity contribution is 0.616. The molecule has 2 aromatic rings. The van der Waals surface area contributed by atoms with Crippen LogP contribution in [0.1, 0.15) is 55.0 Å². The molecule has 0 N–H and O–H groups in total. The summed E-state index contributed by atoms with van der Waals surface area (Å²) in [5, 5.41) is 0. The number of nitrogens with zero attached hydrogens (tertiary/aromatic N) is 2. The van der Waals surface area contributed by atoms with Gasteiger partial charge < -0.3 is 9.47 Å². The van der Waals surface area contributed by atoms with Crippen molar-refractivity contribution in [1.82, 2.24) is 9.47 Å². The van der Waals surface area contributed by atoms with Crippen LogP contribution >= 0.6 is 0 Å². The summed E-state index contributed by atoms with van der Waals surface area (Å²) in [7, 11) is 2.03. The molecule has 1 aliphatic carbocycles. The van der Waals surface area contributed by atoms with Gasteiger partial charge in [-0.25, -0.2) is 0 Å². The van der Waals surface area contributed by atoms with E-state index in [4.69, 9.17) is 0 Å². The normalized spacial score (nSPS) is 14.5. The topological polar surface area (TPSA) is 25.2 Å². The third-order valence-electron chi connectivity index (χ3n) is 5.52. The Morgan fingerprint density at radius 2 is 2.00 bits per heavy atom. The molecule has 0 radical (unpaired) electrons. The predicted octanol–water partition coefficient (Wildman–Crippen LogP) is 5.57. The number of hydrogen-bond acceptors (Lipinski definition) is 2. The van der Waals surface area contributed by atoms with Gasteiger partial charge in [-0.2, -0.15) is 0 Å². The highest BCUT2D eigenvalue weighted by Gasteiger charge is 2.24. The lowest BCUT2D eigenvalue weighted by atomic mass is 10.1. The molecule has 0 atom stereocenters. The molecule has 28 heavy (non-hydrogen) atoms. The Morgan fingerprint density at radius 3 is 2.61 bits per heavy atom. The molecule has 0 aliphatic heterocycles. The zero-order valence-corrected chi connectivity index (χ0v) is 17.4. The summed E-state index contributed by atoms with van der Waals surface area (Å²) < 4.78 is 1.83. The van der Waals surface area contributed by atoms with Crippen molar-refractivity contribution in [3.8, 4) is 0 Å². The number of likely N-dealkylation sites (N-methyl/N-ethyl adjacent to an activating group) is 1. The van der Waals surface area contributed by atoms with Gasteiger partial charge in [-0.15, -0.1) is 0 Å². The van der Waals surface area contributed by atoms with Gasteiger partial charge in [-0.3, -0.25) is 4.79 Å². The van der Waals surface area contributed by atoms with E-state index in [-0.39, 0.29) is 5.56 Å². The Bertz CT molecular complexity index is 990. The molecule has 1 aromatic heterocycles. The number of rotatable bonds is 7. The van der Waals surface area contributed by atoms with Crippen LogP contribution in [0.2, 0.25) is 0 Å². The largest absolute Gasteiger partial charge is 0.345 e. The first-order valence-corrected chi connectivity index (χ1v) is 10.0. The molecule has 0 unspecified atom stereocenters. The van der Waals surface area contributed by atoms with E-state index in [0.717, 1.165) is 22.7 Å². The highest BCUT2D eigenvalue weighted by atomic mass is 16.1. The number of hydrogen-bond donors (Lipinski definition) is 0. The van der Waals surface area contributed by atoms with Crippen molar-refractivity contribution in [1.29, 1.82) is 0 Å². The summed E-state index contributed by atoms with van der Waals surface area (Å²) in [5.74, 6) is 0.566. The third-order valence-corrected chi connectivity index (χ3v) is 5.52. The van der Waals surface area contributed by atoms with Crippen LogP contribution in [-0.2, 0) is 6.54 Å². The minimum atomic E-state index is 0.0891. The van der Waals surface area contributed by atoms with Gasteiger partial charge in [0.15, 0.2) is 0 Å². The average Bonchev–Trinajstić information content (AvgIpc) is 3.53. The van der Waals surface area contributed by atoms with Crippen LogP contribution < -0.4 is 5.56 Å². The molecular formula is C25H30N2O. The third kappa shape index (κ3) is 4.19. The summed E-state index contributed by atoms with van der Waals surface area (Å²) in [6.07, 6.45) is 8.57. The van der Waals surface area contributed by atoms with E-state index in [1.807, 2.05) is 43.7 Å². The van der Waals surface area contributed by atoms with Crippen LogP contribution in [0.4, 0.5) is 0 Å². The van der Waals surface area contributed by atoms with Crippen LogP contribution in [0.25, 0.3) is 11.8 Å². The van der Waals surface area contributed by atoms with Gasteiger partial charge in [0.05, 0.1) is 0 Å². The second kappa shape index (κ2) is 8.47. The lowest BCUT2D eigenvalue weighted by Crippen LogP contribution is -2.21. The SMILES string of the molecule is C=C(c1ccccc1C)N(C)C(/C=C\c1cc(C2CC2)cc(=O)n1CC)=C/C. The quantitative estimate of drug-likeness (QED) is 0.592. The molecule has 0 saturated heterocycles. The van der Waals surface area contributed by atoms with Crippen LogP contribution in [0.15, 0.2) is 65.6 Å². The summed E-state index contributed by atoms with van der Waals surface area (Å²) >= 11 is 0. The van der Waals surface area contributed by atoms with E-state index in [2.05, 4.69) is 48.8 Å². The molecule has 146 valence electrons. The minimum absolute atomic E-state index is 0.0891. The summed E-state index contributed by atoms with van der Waals surface area (Å²) in [6.45, 7) is 11.1. The van der Waals surface area contributed by atoms with Crippen LogP contribution in [-0.4, -0.2) is 16.5 Å². The fourth-order valence-corrected chi connectivity index (χ4v) is 3.57. The first kappa shape index (κ1) is 19.9. The van der Waals surface area contributed by atoms with Crippen molar-refractivity contribution < 1.29 is 0 Å². The molecule has 1 heterocycles.